The summed E-state index contributed by atoms with van der Waals surface area (Å²) in [6, 6.07) is 5.74. The summed E-state index contributed by atoms with van der Waals surface area (Å²) in [7, 11) is -3.64. The van der Waals surface area contributed by atoms with Crippen molar-refractivity contribution in [2.24, 2.45) is 0 Å². The Hall–Kier alpha value is -1.06. The van der Waals surface area contributed by atoms with E-state index in [1.807, 2.05) is 13.8 Å². The highest BCUT2D eigenvalue weighted by Gasteiger charge is 2.41. The molecule has 24 heavy (non-hydrogen) atoms. The molecule has 0 aromatic heterocycles. The molecule has 0 saturated carbocycles. The fourth-order valence-corrected chi connectivity index (χ4v) is 5.19. The molecule has 134 valence electrons. The van der Waals surface area contributed by atoms with E-state index in [0.29, 0.717) is 44.9 Å². The molecule has 0 aliphatic carbocycles. The molecule has 3 rings (SSSR count). The maximum Gasteiger partial charge on any atom is 0.282 e. The van der Waals surface area contributed by atoms with Gasteiger partial charge in [0.2, 0.25) is 0 Å². The van der Waals surface area contributed by atoms with Crippen molar-refractivity contribution in [2.45, 2.75) is 25.5 Å². The SMILES string of the molecule is CC1(C)CN(S(=O)(=O)N2CCNCC2c2cccc(F)c2)CCO1. The van der Waals surface area contributed by atoms with Gasteiger partial charge in [0.15, 0.2) is 0 Å². The van der Waals surface area contributed by atoms with Crippen molar-refractivity contribution in [3.63, 3.8) is 0 Å². The first-order chi connectivity index (χ1) is 11.3. The number of hydrogen-bond donors (Lipinski definition) is 1. The van der Waals surface area contributed by atoms with E-state index in [2.05, 4.69) is 5.32 Å². The van der Waals surface area contributed by atoms with Crippen LogP contribution in [0.25, 0.3) is 0 Å². The summed E-state index contributed by atoms with van der Waals surface area (Å²) >= 11 is 0. The van der Waals surface area contributed by atoms with Crippen molar-refractivity contribution in [1.29, 1.82) is 0 Å². The molecule has 8 heteroatoms. The van der Waals surface area contributed by atoms with E-state index in [1.54, 1.807) is 12.1 Å². The van der Waals surface area contributed by atoms with Gasteiger partial charge in [-0.25, -0.2) is 4.39 Å². The molecule has 0 spiro atoms. The molecule has 0 amide bonds. The van der Waals surface area contributed by atoms with Crippen LogP contribution in [0.15, 0.2) is 24.3 Å². The molecule has 0 bridgehead atoms. The molecule has 2 aliphatic rings. The second kappa shape index (κ2) is 6.68. The van der Waals surface area contributed by atoms with Gasteiger partial charge in [0.1, 0.15) is 5.82 Å². The normalized spacial score (nSPS) is 26.4. The number of nitrogens with zero attached hydrogens (tertiary/aromatic N) is 2. The van der Waals surface area contributed by atoms with E-state index < -0.39 is 21.9 Å². The van der Waals surface area contributed by atoms with Gasteiger partial charge in [-0.2, -0.15) is 17.0 Å². The lowest BCUT2D eigenvalue weighted by molar-refractivity contribution is -0.0656. The lowest BCUT2D eigenvalue weighted by atomic mass is 10.1. The van der Waals surface area contributed by atoms with Gasteiger partial charge in [0, 0.05) is 32.7 Å². The fraction of sp³-hybridized carbons (Fsp3) is 0.625. The van der Waals surface area contributed by atoms with Crippen LogP contribution in [-0.4, -0.2) is 62.0 Å². The average Bonchev–Trinajstić information content (AvgIpc) is 2.54. The summed E-state index contributed by atoms with van der Waals surface area (Å²) in [5.41, 5.74) is 0.159. The second-order valence-electron chi connectivity index (χ2n) is 6.84. The maximum atomic E-state index is 13.6. The highest BCUT2D eigenvalue weighted by Crippen LogP contribution is 2.29. The number of rotatable bonds is 3. The summed E-state index contributed by atoms with van der Waals surface area (Å²) in [5.74, 6) is -0.358. The van der Waals surface area contributed by atoms with Gasteiger partial charge >= 0.3 is 0 Å². The highest BCUT2D eigenvalue weighted by molar-refractivity contribution is 7.86. The molecule has 1 aromatic carbocycles. The van der Waals surface area contributed by atoms with E-state index in [1.165, 1.54) is 20.7 Å². The monoisotopic (exact) mass is 357 g/mol. The fourth-order valence-electron chi connectivity index (χ4n) is 3.28. The molecular formula is C16H24FN3O3S. The highest BCUT2D eigenvalue weighted by atomic mass is 32.2. The van der Waals surface area contributed by atoms with Crippen molar-refractivity contribution < 1.29 is 17.5 Å². The Balaban J connectivity index is 1.89. The average molecular weight is 357 g/mol. The molecule has 1 atom stereocenters. The van der Waals surface area contributed by atoms with Gasteiger partial charge in [-0.1, -0.05) is 12.1 Å². The Bertz CT molecular complexity index is 696. The molecule has 2 fully saturated rings. The standard InChI is InChI=1S/C16H24FN3O3S/c1-16(2)12-19(8-9-23-16)24(21,22)20-7-6-18-11-15(20)13-4-3-5-14(17)10-13/h3-5,10,15,18H,6-9,11-12H2,1-2H3. The van der Waals surface area contributed by atoms with E-state index in [4.69, 9.17) is 4.74 Å². The van der Waals surface area contributed by atoms with Crippen LogP contribution in [0, 0.1) is 5.82 Å². The van der Waals surface area contributed by atoms with Gasteiger partial charge in [0.05, 0.1) is 18.2 Å². The third-order valence-corrected chi connectivity index (χ3v) is 6.43. The van der Waals surface area contributed by atoms with Crippen molar-refractivity contribution in [2.75, 3.05) is 39.3 Å². The van der Waals surface area contributed by atoms with Crippen LogP contribution >= 0.6 is 0 Å². The van der Waals surface area contributed by atoms with Crippen LogP contribution in [0.5, 0.6) is 0 Å². The quantitative estimate of drug-likeness (QED) is 0.881. The van der Waals surface area contributed by atoms with Crippen LogP contribution < -0.4 is 5.32 Å². The summed E-state index contributed by atoms with van der Waals surface area (Å²) in [6.07, 6.45) is 0. The van der Waals surface area contributed by atoms with Crippen LogP contribution in [0.2, 0.25) is 0 Å². The second-order valence-corrected chi connectivity index (χ2v) is 8.72. The zero-order valence-electron chi connectivity index (χ0n) is 14.0. The number of benzene rings is 1. The molecule has 6 nitrogen and oxygen atoms in total. The van der Waals surface area contributed by atoms with Gasteiger partial charge in [-0.05, 0) is 31.5 Å². The number of piperazine rings is 1. The van der Waals surface area contributed by atoms with E-state index in [9.17, 15) is 12.8 Å². The topological polar surface area (TPSA) is 61.9 Å². The minimum absolute atomic E-state index is 0.315. The number of ether oxygens (including phenoxy) is 1. The molecule has 1 unspecified atom stereocenters. The first-order valence-electron chi connectivity index (χ1n) is 8.17. The zero-order chi connectivity index (χ0) is 17.4. The van der Waals surface area contributed by atoms with Crippen molar-refractivity contribution in [1.82, 2.24) is 13.9 Å². The molecule has 2 saturated heterocycles. The van der Waals surface area contributed by atoms with E-state index in [-0.39, 0.29) is 5.82 Å². The lowest BCUT2D eigenvalue weighted by Gasteiger charge is -2.42. The van der Waals surface area contributed by atoms with Gasteiger partial charge < -0.3 is 10.1 Å². The van der Waals surface area contributed by atoms with Gasteiger partial charge in [-0.15, -0.1) is 0 Å². The van der Waals surface area contributed by atoms with Crippen LogP contribution in [0.1, 0.15) is 25.5 Å². The Morgan fingerprint density at radius 1 is 1.33 bits per heavy atom. The van der Waals surface area contributed by atoms with Crippen LogP contribution in [0.4, 0.5) is 4.39 Å². The number of hydrogen-bond acceptors (Lipinski definition) is 4. The number of morpholine rings is 1. The largest absolute Gasteiger partial charge is 0.373 e. The molecule has 1 N–H and O–H groups in total. The summed E-state index contributed by atoms with van der Waals surface area (Å²) in [5, 5.41) is 3.20. The minimum Gasteiger partial charge on any atom is -0.373 e. The first kappa shape index (κ1) is 17.8. The van der Waals surface area contributed by atoms with Crippen molar-refractivity contribution >= 4 is 10.2 Å². The summed E-state index contributed by atoms with van der Waals surface area (Å²) < 4.78 is 48.5. The third-order valence-electron chi connectivity index (χ3n) is 4.44. The molecule has 1 aromatic rings. The Labute approximate surface area is 142 Å². The van der Waals surface area contributed by atoms with E-state index in [0.717, 1.165) is 0 Å². The minimum atomic E-state index is -3.64. The van der Waals surface area contributed by atoms with Gasteiger partial charge in [0.25, 0.3) is 10.2 Å². The number of nitrogens with one attached hydrogen (secondary N) is 1. The predicted octanol–water partition coefficient (Wildman–Crippen LogP) is 1.13. The zero-order valence-corrected chi connectivity index (χ0v) is 14.9. The Morgan fingerprint density at radius 3 is 2.83 bits per heavy atom. The van der Waals surface area contributed by atoms with Crippen LogP contribution in [0.3, 0.4) is 0 Å². The van der Waals surface area contributed by atoms with Crippen LogP contribution in [-0.2, 0) is 14.9 Å². The third kappa shape index (κ3) is 3.62. The summed E-state index contributed by atoms with van der Waals surface area (Å²) in [6.45, 7) is 6.22. The molecule has 0 radical (unpaired) electrons. The Kier molecular flexibility index (Phi) is 4.94. The van der Waals surface area contributed by atoms with E-state index >= 15 is 0 Å². The molecule has 2 aliphatic heterocycles. The number of halogens is 1. The first-order valence-corrected chi connectivity index (χ1v) is 9.56. The summed E-state index contributed by atoms with van der Waals surface area (Å²) in [4.78, 5) is 0. The van der Waals surface area contributed by atoms with Gasteiger partial charge in [-0.3, -0.25) is 0 Å². The molecular weight excluding hydrogens is 333 g/mol. The Morgan fingerprint density at radius 2 is 2.12 bits per heavy atom. The van der Waals surface area contributed by atoms with Crippen molar-refractivity contribution in [3.05, 3.63) is 35.6 Å². The maximum absolute atomic E-state index is 13.6. The molecule has 2 heterocycles. The van der Waals surface area contributed by atoms with Crippen molar-refractivity contribution in [3.8, 4) is 0 Å². The lowest BCUT2D eigenvalue weighted by Crippen LogP contribution is -2.58. The predicted molar refractivity (Wildman–Crippen MR) is 89.2 cm³/mol. The smallest absolute Gasteiger partial charge is 0.282 e.